The van der Waals surface area contributed by atoms with Crippen molar-refractivity contribution >= 4 is 8.40 Å². The number of rotatable bonds is 6. The van der Waals surface area contributed by atoms with E-state index in [1.54, 1.807) is 0 Å². The Bertz CT molecular complexity index is 109. The highest BCUT2D eigenvalue weighted by atomic mass is 28.3. The fourth-order valence-corrected chi connectivity index (χ4v) is 5.28. The van der Waals surface area contributed by atoms with Crippen LogP contribution in [0.5, 0.6) is 0 Å². The van der Waals surface area contributed by atoms with Gasteiger partial charge in [-0.05, 0) is 24.7 Å². The molecule has 2 N–H and O–H groups in total. The molecule has 0 saturated heterocycles. The first-order valence-corrected chi connectivity index (χ1v) is 7.41. The Balaban J connectivity index is 4.28. The van der Waals surface area contributed by atoms with E-state index < -0.39 is 8.40 Å². The highest BCUT2D eigenvalue weighted by molar-refractivity contribution is 6.76. The second-order valence-corrected chi connectivity index (χ2v) is 8.05. The van der Waals surface area contributed by atoms with Gasteiger partial charge in [-0.15, -0.1) is 0 Å². The molecule has 0 atom stereocenters. The first kappa shape index (κ1) is 12.1. The van der Waals surface area contributed by atoms with Crippen LogP contribution in [0.15, 0.2) is 0 Å². The SMILES string of the molecule is CCN[Si](CC)(NCC)C(C)C. The molecule has 74 valence electrons. The smallest absolute Gasteiger partial charge is 0.203 e. The molecule has 0 amide bonds. The first-order valence-electron chi connectivity index (χ1n) is 5.13. The van der Waals surface area contributed by atoms with Crippen LogP contribution in [-0.4, -0.2) is 21.5 Å². The van der Waals surface area contributed by atoms with Crippen molar-refractivity contribution < 1.29 is 0 Å². The topological polar surface area (TPSA) is 24.1 Å². The van der Waals surface area contributed by atoms with E-state index in [4.69, 9.17) is 0 Å². The van der Waals surface area contributed by atoms with Crippen molar-refractivity contribution in [3.63, 3.8) is 0 Å². The van der Waals surface area contributed by atoms with Crippen LogP contribution in [0.2, 0.25) is 11.6 Å². The molecule has 0 aliphatic rings. The van der Waals surface area contributed by atoms with Gasteiger partial charge in [0.05, 0.1) is 0 Å². The van der Waals surface area contributed by atoms with Gasteiger partial charge in [0.1, 0.15) is 0 Å². The van der Waals surface area contributed by atoms with Crippen LogP contribution >= 0.6 is 0 Å². The highest BCUT2D eigenvalue weighted by Gasteiger charge is 2.33. The van der Waals surface area contributed by atoms with Gasteiger partial charge in [-0.2, -0.15) is 0 Å². The second-order valence-electron chi connectivity index (χ2n) is 3.54. The zero-order valence-corrected chi connectivity index (χ0v) is 10.2. The molecule has 0 aromatic heterocycles. The lowest BCUT2D eigenvalue weighted by molar-refractivity contribution is 0.775. The summed E-state index contributed by atoms with van der Waals surface area (Å²) in [7, 11) is -1.35. The summed E-state index contributed by atoms with van der Waals surface area (Å²) in [6.45, 7) is 13.5. The minimum absolute atomic E-state index is 0.766. The van der Waals surface area contributed by atoms with Gasteiger partial charge in [0, 0.05) is 0 Å². The lowest BCUT2D eigenvalue weighted by Gasteiger charge is -2.35. The minimum atomic E-state index is -1.35. The van der Waals surface area contributed by atoms with Gasteiger partial charge in [0.2, 0.25) is 8.40 Å². The monoisotopic (exact) mass is 188 g/mol. The van der Waals surface area contributed by atoms with E-state index in [0.717, 1.165) is 18.6 Å². The van der Waals surface area contributed by atoms with Crippen molar-refractivity contribution in [3.8, 4) is 0 Å². The summed E-state index contributed by atoms with van der Waals surface area (Å²) in [6, 6.07) is 1.27. The van der Waals surface area contributed by atoms with Crippen molar-refractivity contribution in [3.05, 3.63) is 0 Å². The van der Waals surface area contributed by atoms with E-state index >= 15 is 0 Å². The quantitative estimate of drug-likeness (QED) is 0.624. The molecule has 12 heavy (non-hydrogen) atoms. The molecule has 0 aliphatic carbocycles. The molecule has 0 aromatic carbocycles. The number of nitrogens with one attached hydrogen (secondary N) is 2. The van der Waals surface area contributed by atoms with E-state index in [-0.39, 0.29) is 0 Å². The average Bonchev–Trinajstić information content (AvgIpc) is 2.03. The summed E-state index contributed by atoms with van der Waals surface area (Å²) in [5.41, 5.74) is 0.766. The van der Waals surface area contributed by atoms with Crippen molar-refractivity contribution in [2.75, 3.05) is 13.1 Å². The second kappa shape index (κ2) is 5.73. The lowest BCUT2D eigenvalue weighted by atomic mass is 10.6. The Morgan fingerprint density at radius 3 is 1.58 bits per heavy atom. The largest absolute Gasteiger partial charge is 0.325 e. The van der Waals surface area contributed by atoms with Crippen LogP contribution in [0, 0.1) is 0 Å². The molecule has 2 nitrogen and oxygen atoms in total. The van der Waals surface area contributed by atoms with Crippen LogP contribution in [0.25, 0.3) is 0 Å². The van der Waals surface area contributed by atoms with Crippen LogP contribution in [0.4, 0.5) is 0 Å². The summed E-state index contributed by atoms with van der Waals surface area (Å²) < 4.78 is 0. The molecule has 0 bridgehead atoms. The molecular weight excluding hydrogens is 164 g/mol. The zero-order valence-electron chi connectivity index (χ0n) is 9.20. The van der Waals surface area contributed by atoms with Gasteiger partial charge in [-0.1, -0.05) is 34.6 Å². The maximum Gasteiger partial charge on any atom is 0.203 e. The predicted molar refractivity (Wildman–Crippen MR) is 58.7 cm³/mol. The normalized spacial score (nSPS) is 12.5. The summed E-state index contributed by atoms with van der Waals surface area (Å²) >= 11 is 0. The fraction of sp³-hybridized carbons (Fsp3) is 1.00. The van der Waals surface area contributed by atoms with Crippen LogP contribution in [0.1, 0.15) is 34.6 Å². The molecule has 0 fully saturated rings. The number of hydrogen-bond acceptors (Lipinski definition) is 2. The zero-order chi connectivity index (χ0) is 9.61. The molecule has 0 radical (unpaired) electrons. The standard InChI is InChI=1S/C9H24N2Si/c1-6-10-12(8-3,9(4)5)11-7-2/h9-11H,6-8H2,1-5H3. The lowest BCUT2D eigenvalue weighted by Crippen LogP contribution is -2.63. The van der Waals surface area contributed by atoms with Crippen LogP contribution < -0.4 is 9.96 Å². The maximum absolute atomic E-state index is 3.67. The van der Waals surface area contributed by atoms with Crippen LogP contribution in [0.3, 0.4) is 0 Å². The van der Waals surface area contributed by atoms with Gasteiger partial charge < -0.3 is 9.96 Å². The maximum atomic E-state index is 3.67. The molecule has 0 aromatic rings. The third kappa shape index (κ3) is 2.88. The minimum Gasteiger partial charge on any atom is -0.325 e. The van der Waals surface area contributed by atoms with E-state index in [0.29, 0.717) is 0 Å². The molecule has 0 saturated carbocycles. The van der Waals surface area contributed by atoms with Gasteiger partial charge >= 0.3 is 0 Å². The van der Waals surface area contributed by atoms with Crippen LogP contribution in [-0.2, 0) is 0 Å². The van der Waals surface area contributed by atoms with Gasteiger partial charge in [-0.3, -0.25) is 0 Å². The van der Waals surface area contributed by atoms with Crippen molar-refractivity contribution in [2.24, 2.45) is 0 Å². The van der Waals surface area contributed by atoms with Gasteiger partial charge in [0.15, 0.2) is 0 Å². The number of hydrogen-bond donors (Lipinski definition) is 2. The summed E-state index contributed by atoms with van der Waals surface area (Å²) in [5.74, 6) is 0. The Kier molecular flexibility index (Phi) is 5.79. The third-order valence-corrected chi connectivity index (χ3v) is 7.58. The molecule has 0 unspecified atom stereocenters. The van der Waals surface area contributed by atoms with E-state index in [1.807, 2.05) is 0 Å². The molecular formula is C9H24N2Si. The van der Waals surface area contributed by atoms with E-state index in [9.17, 15) is 0 Å². The Morgan fingerprint density at radius 2 is 1.42 bits per heavy atom. The Labute approximate surface area is 78.3 Å². The molecule has 0 rings (SSSR count). The summed E-state index contributed by atoms with van der Waals surface area (Å²) in [5, 5.41) is 0. The van der Waals surface area contributed by atoms with Crippen molar-refractivity contribution in [2.45, 2.75) is 46.2 Å². The van der Waals surface area contributed by atoms with Gasteiger partial charge in [-0.25, -0.2) is 0 Å². The highest BCUT2D eigenvalue weighted by Crippen LogP contribution is 2.18. The van der Waals surface area contributed by atoms with E-state index in [1.165, 1.54) is 6.04 Å². The molecule has 3 heteroatoms. The molecule has 0 spiro atoms. The predicted octanol–water partition coefficient (Wildman–Crippen LogP) is 2.08. The first-order chi connectivity index (χ1) is 5.63. The van der Waals surface area contributed by atoms with E-state index in [2.05, 4.69) is 44.6 Å². The fourth-order valence-electron chi connectivity index (χ4n) is 1.76. The van der Waals surface area contributed by atoms with Gasteiger partial charge in [0.25, 0.3) is 0 Å². The Hall–Kier alpha value is 0.137. The van der Waals surface area contributed by atoms with Crippen molar-refractivity contribution in [1.29, 1.82) is 0 Å². The van der Waals surface area contributed by atoms with Crippen molar-refractivity contribution in [1.82, 2.24) is 9.96 Å². The summed E-state index contributed by atoms with van der Waals surface area (Å²) in [4.78, 5) is 7.35. The average molecular weight is 188 g/mol. The molecule has 0 heterocycles. The Morgan fingerprint density at radius 1 is 1.00 bits per heavy atom. The summed E-state index contributed by atoms with van der Waals surface area (Å²) in [6.07, 6.45) is 0. The molecule has 0 aliphatic heterocycles. The third-order valence-electron chi connectivity index (χ3n) is 2.53.